The van der Waals surface area contributed by atoms with E-state index in [0.717, 1.165) is 11.3 Å². The number of guanidine groups is 2. The average Bonchev–Trinajstić information content (AvgIpc) is 2.97. The topological polar surface area (TPSA) is 121 Å². The van der Waals surface area contributed by atoms with Gasteiger partial charge < -0.3 is 16.4 Å². The maximum atomic E-state index is 12.9. The number of benzene rings is 2. The Morgan fingerprint density at radius 2 is 1.75 bits per heavy atom. The van der Waals surface area contributed by atoms with Crippen LogP contribution in [0.5, 0.6) is 0 Å². The van der Waals surface area contributed by atoms with Crippen LogP contribution in [0.3, 0.4) is 0 Å². The Kier molecular flexibility index (Phi) is 5.64. The highest BCUT2D eigenvalue weighted by atomic mass is 19.1. The number of aliphatic imine (C=N–C) groups is 2. The van der Waals surface area contributed by atoms with Crippen LogP contribution in [0.1, 0.15) is 12.0 Å². The molecule has 0 aliphatic carbocycles. The van der Waals surface area contributed by atoms with Gasteiger partial charge in [-0.05, 0) is 43.3 Å². The first-order valence-corrected chi connectivity index (χ1v) is 8.51. The van der Waals surface area contributed by atoms with Crippen LogP contribution in [-0.2, 0) is 9.59 Å². The Bertz CT molecular complexity index is 938. The maximum Gasteiger partial charge on any atom is 0.252 e. The molecule has 0 radical (unpaired) electrons. The van der Waals surface area contributed by atoms with Gasteiger partial charge >= 0.3 is 0 Å². The summed E-state index contributed by atoms with van der Waals surface area (Å²) in [4.78, 5) is 32.2. The van der Waals surface area contributed by atoms with Crippen LogP contribution in [0.15, 0.2) is 58.5 Å². The minimum atomic E-state index is -0.911. The molecule has 5 N–H and O–H groups in total. The van der Waals surface area contributed by atoms with Crippen molar-refractivity contribution in [2.45, 2.75) is 19.4 Å². The van der Waals surface area contributed by atoms with Gasteiger partial charge in [0.2, 0.25) is 17.8 Å². The van der Waals surface area contributed by atoms with E-state index < -0.39 is 23.7 Å². The lowest BCUT2D eigenvalue weighted by molar-refractivity contribution is -0.123. The zero-order valence-corrected chi connectivity index (χ0v) is 15.1. The van der Waals surface area contributed by atoms with Crippen molar-refractivity contribution in [2.24, 2.45) is 15.7 Å². The molecule has 9 heteroatoms. The number of halogens is 1. The first-order valence-electron chi connectivity index (χ1n) is 8.51. The van der Waals surface area contributed by atoms with Gasteiger partial charge in [-0.15, -0.1) is 0 Å². The molecule has 0 aromatic heterocycles. The van der Waals surface area contributed by atoms with Gasteiger partial charge in [-0.2, -0.15) is 4.99 Å². The molecule has 0 fully saturated rings. The Labute approximate surface area is 160 Å². The first kappa shape index (κ1) is 19.0. The zero-order valence-electron chi connectivity index (χ0n) is 15.1. The van der Waals surface area contributed by atoms with E-state index in [1.54, 1.807) is 0 Å². The van der Waals surface area contributed by atoms with Gasteiger partial charge in [0.25, 0.3) is 5.91 Å². The number of hydrogen-bond donors (Lipinski definition) is 4. The van der Waals surface area contributed by atoms with Crippen molar-refractivity contribution in [3.05, 3.63) is 59.9 Å². The molecule has 0 saturated heterocycles. The van der Waals surface area contributed by atoms with Crippen LogP contribution in [0.2, 0.25) is 0 Å². The first-order chi connectivity index (χ1) is 13.4. The van der Waals surface area contributed by atoms with Crippen molar-refractivity contribution >= 4 is 35.1 Å². The lowest BCUT2D eigenvalue weighted by atomic mass is 10.2. The third-order valence-corrected chi connectivity index (χ3v) is 3.87. The number of anilines is 2. The van der Waals surface area contributed by atoms with E-state index in [0.29, 0.717) is 5.69 Å². The van der Waals surface area contributed by atoms with Crippen LogP contribution in [-0.4, -0.2) is 29.8 Å². The second kappa shape index (κ2) is 8.30. The standard InChI is InChI=1S/C19H19FN6O2/c1-11-2-6-14(7-3-11)23-18(21)26-19-24-15(17(28)25-19)10-16(27)22-13-8-4-12(20)5-9-13/h2-9,15H,10H2,1H3,(H,22,27)(H4,21,23,24,25,26,28)/t15-/m0/s1. The normalized spacial score (nSPS) is 16.4. The van der Waals surface area contributed by atoms with Crippen molar-refractivity contribution in [1.29, 1.82) is 0 Å². The third kappa shape index (κ3) is 5.13. The van der Waals surface area contributed by atoms with E-state index in [4.69, 9.17) is 5.73 Å². The lowest BCUT2D eigenvalue weighted by Gasteiger charge is -2.06. The quantitative estimate of drug-likeness (QED) is 0.475. The Morgan fingerprint density at radius 1 is 1.14 bits per heavy atom. The van der Waals surface area contributed by atoms with Crippen molar-refractivity contribution < 1.29 is 14.0 Å². The molecular weight excluding hydrogens is 363 g/mol. The molecular formula is C19H19FN6O2. The average molecular weight is 382 g/mol. The van der Waals surface area contributed by atoms with Gasteiger partial charge in [-0.25, -0.2) is 9.38 Å². The predicted octanol–water partition coefficient (Wildman–Crippen LogP) is 1.74. The highest BCUT2D eigenvalue weighted by Gasteiger charge is 2.28. The summed E-state index contributed by atoms with van der Waals surface area (Å²) in [6.07, 6.45) is -0.173. The summed E-state index contributed by atoms with van der Waals surface area (Å²) >= 11 is 0. The molecule has 8 nitrogen and oxygen atoms in total. The zero-order chi connectivity index (χ0) is 20.1. The van der Waals surface area contributed by atoms with E-state index in [-0.39, 0.29) is 18.3 Å². The molecule has 0 spiro atoms. The van der Waals surface area contributed by atoms with Crippen molar-refractivity contribution in [3.8, 4) is 0 Å². The number of carbonyl (C=O) groups excluding carboxylic acids is 2. The molecule has 28 heavy (non-hydrogen) atoms. The van der Waals surface area contributed by atoms with E-state index in [1.807, 2.05) is 31.2 Å². The molecule has 2 aromatic rings. The van der Waals surface area contributed by atoms with Crippen molar-refractivity contribution in [3.63, 3.8) is 0 Å². The van der Waals surface area contributed by atoms with Crippen molar-refractivity contribution in [1.82, 2.24) is 5.32 Å². The number of carbonyl (C=O) groups is 2. The summed E-state index contributed by atoms with van der Waals surface area (Å²) < 4.78 is 12.9. The highest BCUT2D eigenvalue weighted by Crippen LogP contribution is 2.12. The molecule has 0 saturated carbocycles. The van der Waals surface area contributed by atoms with Gasteiger partial charge in [0.05, 0.1) is 6.42 Å². The number of nitrogens with two attached hydrogens (primary N) is 1. The molecule has 144 valence electrons. The fourth-order valence-electron chi connectivity index (χ4n) is 2.47. The molecule has 1 heterocycles. The monoisotopic (exact) mass is 382 g/mol. The Hall–Kier alpha value is -3.75. The van der Waals surface area contributed by atoms with Crippen LogP contribution < -0.4 is 21.7 Å². The summed E-state index contributed by atoms with van der Waals surface area (Å²) in [5.41, 5.74) is 8.11. The van der Waals surface area contributed by atoms with E-state index >= 15 is 0 Å². The fourth-order valence-corrected chi connectivity index (χ4v) is 2.47. The second-order valence-electron chi connectivity index (χ2n) is 6.21. The molecule has 0 unspecified atom stereocenters. The van der Waals surface area contributed by atoms with E-state index in [1.165, 1.54) is 24.3 Å². The van der Waals surface area contributed by atoms with Gasteiger partial charge in [-0.1, -0.05) is 17.7 Å². The maximum absolute atomic E-state index is 12.9. The number of rotatable bonds is 4. The number of nitrogens with one attached hydrogen (secondary N) is 3. The summed E-state index contributed by atoms with van der Waals surface area (Å²) in [6.45, 7) is 1.97. The predicted molar refractivity (Wildman–Crippen MR) is 105 cm³/mol. The fraction of sp³-hybridized carbons (Fsp3) is 0.158. The minimum Gasteiger partial charge on any atom is -0.369 e. The number of amides is 2. The van der Waals surface area contributed by atoms with Crippen LogP contribution in [0.4, 0.5) is 15.8 Å². The smallest absolute Gasteiger partial charge is 0.252 e. The number of nitrogens with zero attached hydrogens (tertiary/aromatic N) is 2. The molecule has 1 aliphatic rings. The van der Waals surface area contributed by atoms with Crippen LogP contribution in [0, 0.1) is 12.7 Å². The Morgan fingerprint density at radius 3 is 2.43 bits per heavy atom. The largest absolute Gasteiger partial charge is 0.369 e. The van der Waals surface area contributed by atoms with E-state index in [9.17, 15) is 14.0 Å². The summed E-state index contributed by atoms with van der Waals surface area (Å²) in [5.74, 6) is -1.19. The third-order valence-electron chi connectivity index (χ3n) is 3.87. The summed E-state index contributed by atoms with van der Waals surface area (Å²) in [7, 11) is 0. The van der Waals surface area contributed by atoms with Gasteiger partial charge in [0, 0.05) is 11.4 Å². The number of aryl methyl sites for hydroxylation is 1. The highest BCUT2D eigenvalue weighted by molar-refractivity contribution is 6.11. The SMILES string of the molecule is Cc1ccc(NC(N)=NC2=N[C@@H](CC(=O)Nc3ccc(F)cc3)C(=O)N2)cc1. The summed E-state index contributed by atoms with van der Waals surface area (Å²) in [6, 6.07) is 11.9. The summed E-state index contributed by atoms with van der Waals surface area (Å²) in [5, 5.41) is 7.95. The van der Waals surface area contributed by atoms with Crippen LogP contribution in [0.25, 0.3) is 0 Å². The lowest BCUT2D eigenvalue weighted by Crippen LogP contribution is -2.32. The second-order valence-corrected chi connectivity index (χ2v) is 6.21. The van der Waals surface area contributed by atoms with Gasteiger partial charge in [0.15, 0.2) is 0 Å². The van der Waals surface area contributed by atoms with Crippen LogP contribution >= 0.6 is 0 Å². The number of hydrogen-bond acceptors (Lipinski definition) is 4. The molecule has 2 aromatic carbocycles. The Balaban J connectivity index is 1.59. The molecule has 3 rings (SSSR count). The molecule has 1 aliphatic heterocycles. The van der Waals surface area contributed by atoms with Crippen molar-refractivity contribution in [2.75, 3.05) is 10.6 Å². The molecule has 2 amide bonds. The molecule has 1 atom stereocenters. The van der Waals surface area contributed by atoms with E-state index in [2.05, 4.69) is 25.9 Å². The molecule has 0 bridgehead atoms. The van der Waals surface area contributed by atoms with Gasteiger partial charge in [-0.3, -0.25) is 14.9 Å². The van der Waals surface area contributed by atoms with Gasteiger partial charge in [0.1, 0.15) is 11.9 Å². The minimum absolute atomic E-state index is 0.0293.